The van der Waals surface area contributed by atoms with Crippen molar-refractivity contribution in [3.8, 4) is 16.9 Å². The smallest absolute Gasteiger partial charge is 0.225 e. The van der Waals surface area contributed by atoms with Crippen LogP contribution in [-0.2, 0) is 0 Å². The molecule has 0 amide bonds. The first-order valence-electron chi connectivity index (χ1n) is 10.1. The number of aromatic hydroxyl groups is 1. The van der Waals surface area contributed by atoms with Crippen molar-refractivity contribution >= 4 is 39.8 Å². The van der Waals surface area contributed by atoms with Gasteiger partial charge in [-0.15, -0.1) is 0 Å². The van der Waals surface area contributed by atoms with E-state index in [0.717, 1.165) is 47.4 Å². The second kappa shape index (κ2) is 8.22. The van der Waals surface area contributed by atoms with Gasteiger partial charge in [-0.2, -0.15) is 0 Å². The number of halogens is 2. The number of phenolic OH excluding ortho intramolecular Hbond substituents is 1. The summed E-state index contributed by atoms with van der Waals surface area (Å²) in [6.07, 6.45) is 6.11. The summed E-state index contributed by atoms with van der Waals surface area (Å²) in [4.78, 5) is 15.4. The van der Waals surface area contributed by atoms with E-state index in [-0.39, 0.29) is 11.1 Å². The summed E-state index contributed by atoms with van der Waals surface area (Å²) in [6.45, 7) is 1.61. The molecule has 1 unspecified atom stereocenters. The lowest BCUT2D eigenvalue weighted by molar-refractivity contribution is 0.433. The average Bonchev–Trinajstić information content (AvgIpc) is 3.24. The molecule has 162 valence electrons. The molecule has 2 aromatic carbocycles. The molecule has 0 spiro atoms. The number of nitrogens with two attached hydrogens (primary N) is 1. The molecule has 5 rings (SSSR count). The predicted molar refractivity (Wildman–Crippen MR) is 124 cm³/mol. The van der Waals surface area contributed by atoms with Crippen molar-refractivity contribution in [1.82, 2.24) is 15.0 Å². The van der Waals surface area contributed by atoms with Crippen LogP contribution < -0.4 is 16.0 Å². The van der Waals surface area contributed by atoms with Crippen LogP contribution in [0.25, 0.3) is 22.0 Å². The maximum Gasteiger partial charge on any atom is 0.225 e. The van der Waals surface area contributed by atoms with E-state index in [0.29, 0.717) is 11.5 Å². The van der Waals surface area contributed by atoms with Crippen LogP contribution in [0.4, 0.5) is 21.7 Å². The van der Waals surface area contributed by atoms with Crippen molar-refractivity contribution in [3.63, 3.8) is 0 Å². The normalized spacial score (nSPS) is 16.0. The Labute approximate surface area is 188 Å². The number of nitrogens with zero attached hydrogens (tertiary/aromatic N) is 4. The van der Waals surface area contributed by atoms with Crippen LogP contribution in [0, 0.1) is 5.82 Å². The van der Waals surface area contributed by atoms with Gasteiger partial charge in [-0.1, -0.05) is 17.7 Å². The van der Waals surface area contributed by atoms with Gasteiger partial charge in [0.15, 0.2) is 11.6 Å². The summed E-state index contributed by atoms with van der Waals surface area (Å²) >= 11 is 5.95. The number of nitrogens with one attached hydrogen (secondary N) is 1. The Morgan fingerprint density at radius 1 is 1.09 bits per heavy atom. The van der Waals surface area contributed by atoms with Crippen LogP contribution >= 0.6 is 11.6 Å². The van der Waals surface area contributed by atoms with Crippen molar-refractivity contribution in [1.29, 1.82) is 0 Å². The second-order valence-corrected chi connectivity index (χ2v) is 8.18. The molecule has 2 aromatic heterocycles. The first-order valence-corrected chi connectivity index (χ1v) is 10.5. The van der Waals surface area contributed by atoms with Gasteiger partial charge in [0.1, 0.15) is 0 Å². The summed E-state index contributed by atoms with van der Waals surface area (Å²) in [5.74, 6) is -0.662. The predicted octanol–water partition coefficient (Wildman–Crippen LogP) is 4.47. The van der Waals surface area contributed by atoms with Crippen LogP contribution in [-0.4, -0.2) is 39.2 Å². The monoisotopic (exact) mass is 450 g/mol. The number of fused-ring (bicyclic) bond motifs is 1. The van der Waals surface area contributed by atoms with E-state index < -0.39 is 11.6 Å². The molecule has 0 bridgehead atoms. The largest absolute Gasteiger partial charge is 0.504 e. The molecule has 9 heteroatoms. The molecule has 4 N–H and O–H groups in total. The Morgan fingerprint density at radius 2 is 1.91 bits per heavy atom. The highest BCUT2D eigenvalue weighted by Crippen LogP contribution is 2.35. The van der Waals surface area contributed by atoms with E-state index in [1.54, 1.807) is 18.6 Å². The molecular formula is C23H20ClFN6O. The zero-order valence-corrected chi connectivity index (χ0v) is 17.7. The van der Waals surface area contributed by atoms with Gasteiger partial charge in [0, 0.05) is 36.4 Å². The van der Waals surface area contributed by atoms with Crippen molar-refractivity contribution < 1.29 is 9.50 Å². The topological polar surface area (TPSA) is 100 Å². The minimum atomic E-state index is -0.770. The number of anilines is 3. The zero-order chi connectivity index (χ0) is 22.2. The summed E-state index contributed by atoms with van der Waals surface area (Å²) in [6, 6.07) is 10.4. The van der Waals surface area contributed by atoms with Gasteiger partial charge in [0.2, 0.25) is 5.95 Å². The molecule has 7 nitrogen and oxygen atoms in total. The number of phenols is 1. The highest BCUT2D eigenvalue weighted by Gasteiger charge is 2.21. The highest BCUT2D eigenvalue weighted by molar-refractivity contribution is 6.32. The average molecular weight is 451 g/mol. The molecule has 4 aromatic rings. The van der Waals surface area contributed by atoms with Gasteiger partial charge in [-0.05, 0) is 47.9 Å². The van der Waals surface area contributed by atoms with Crippen LogP contribution in [0.15, 0.2) is 55.0 Å². The number of rotatable bonds is 4. The summed E-state index contributed by atoms with van der Waals surface area (Å²) in [5.41, 5.74) is 9.57. The van der Waals surface area contributed by atoms with Crippen molar-refractivity contribution in [2.45, 2.75) is 12.5 Å². The summed E-state index contributed by atoms with van der Waals surface area (Å²) < 4.78 is 14.0. The van der Waals surface area contributed by atoms with Crippen LogP contribution in [0.2, 0.25) is 5.02 Å². The number of benzene rings is 2. The molecule has 3 heterocycles. The molecule has 1 aliphatic heterocycles. The van der Waals surface area contributed by atoms with Gasteiger partial charge in [0.05, 0.1) is 28.6 Å². The maximum atomic E-state index is 14.0. The lowest BCUT2D eigenvalue weighted by Crippen LogP contribution is -2.27. The number of hydrogen-bond acceptors (Lipinski definition) is 7. The first-order chi connectivity index (χ1) is 15.5. The van der Waals surface area contributed by atoms with Crippen LogP contribution in [0.1, 0.15) is 6.42 Å². The van der Waals surface area contributed by atoms with Gasteiger partial charge in [-0.3, -0.25) is 4.98 Å². The van der Waals surface area contributed by atoms with Crippen molar-refractivity contribution in [3.05, 3.63) is 65.8 Å². The van der Waals surface area contributed by atoms with Gasteiger partial charge in [0.25, 0.3) is 0 Å². The maximum absolute atomic E-state index is 14.0. The van der Waals surface area contributed by atoms with Crippen LogP contribution in [0.3, 0.4) is 0 Å². The third kappa shape index (κ3) is 3.90. The van der Waals surface area contributed by atoms with Gasteiger partial charge in [-0.25, -0.2) is 14.4 Å². The SMILES string of the molecule is NC1CCN(c2ncc(Nc3ccnc4ccc(-c5cc(F)c(O)c(Cl)c5)cc34)cn2)C1. The Balaban J connectivity index is 1.46. The first kappa shape index (κ1) is 20.4. The van der Waals surface area contributed by atoms with Gasteiger partial charge >= 0.3 is 0 Å². The standard InChI is InChI=1S/C23H20ClFN6O/c24-18-8-14(9-19(25)22(18)32)13-1-2-20-17(7-13)21(3-5-27-20)30-16-10-28-23(29-11-16)31-6-4-15(26)12-31/h1-3,5,7-11,15,32H,4,6,12,26H2,(H,27,30). The van der Waals surface area contributed by atoms with Crippen LogP contribution in [0.5, 0.6) is 5.75 Å². The Hall–Kier alpha value is -3.49. The number of aromatic nitrogens is 3. The molecule has 1 aliphatic rings. The molecule has 1 fully saturated rings. The fraction of sp³-hybridized carbons (Fsp3) is 0.174. The van der Waals surface area contributed by atoms with E-state index in [2.05, 4.69) is 25.2 Å². The molecule has 0 aliphatic carbocycles. The Morgan fingerprint density at radius 3 is 2.62 bits per heavy atom. The Kier molecular flexibility index (Phi) is 5.24. The van der Waals surface area contributed by atoms with Gasteiger partial charge < -0.3 is 21.1 Å². The fourth-order valence-electron chi connectivity index (χ4n) is 3.84. The van der Waals surface area contributed by atoms with Crippen molar-refractivity contribution in [2.75, 3.05) is 23.3 Å². The lowest BCUT2D eigenvalue weighted by Gasteiger charge is -2.16. The molecule has 0 saturated carbocycles. The zero-order valence-electron chi connectivity index (χ0n) is 17.0. The molecular weight excluding hydrogens is 431 g/mol. The van der Waals surface area contributed by atoms with E-state index in [1.165, 1.54) is 12.1 Å². The lowest BCUT2D eigenvalue weighted by atomic mass is 10.0. The number of hydrogen-bond donors (Lipinski definition) is 3. The van der Waals surface area contributed by atoms with E-state index in [9.17, 15) is 9.50 Å². The minimum Gasteiger partial charge on any atom is -0.504 e. The quantitative estimate of drug-likeness (QED) is 0.421. The van der Waals surface area contributed by atoms with Crippen molar-refractivity contribution in [2.24, 2.45) is 5.73 Å². The summed E-state index contributed by atoms with van der Waals surface area (Å²) in [7, 11) is 0. The molecule has 32 heavy (non-hydrogen) atoms. The van der Waals surface area contributed by atoms with E-state index in [4.69, 9.17) is 17.3 Å². The molecule has 1 saturated heterocycles. The third-order valence-corrected chi connectivity index (χ3v) is 5.80. The molecule has 1 atom stereocenters. The van der Waals surface area contributed by atoms with E-state index >= 15 is 0 Å². The second-order valence-electron chi connectivity index (χ2n) is 7.77. The fourth-order valence-corrected chi connectivity index (χ4v) is 4.05. The summed E-state index contributed by atoms with van der Waals surface area (Å²) in [5, 5.41) is 13.7. The minimum absolute atomic E-state index is 0.0409. The third-order valence-electron chi connectivity index (χ3n) is 5.52. The van der Waals surface area contributed by atoms with E-state index in [1.807, 2.05) is 24.3 Å². The Bertz CT molecular complexity index is 1280. The highest BCUT2D eigenvalue weighted by atomic mass is 35.5. The number of pyridine rings is 1. The molecule has 0 radical (unpaired) electrons.